The summed E-state index contributed by atoms with van der Waals surface area (Å²) in [6.45, 7) is 0. The second-order valence-electron chi connectivity index (χ2n) is 1.67. The van der Waals surface area contributed by atoms with Gasteiger partial charge in [-0.15, -0.1) is 0 Å². The molecule has 1 aromatic rings. The Labute approximate surface area is 193 Å². The van der Waals surface area contributed by atoms with Crippen LogP contribution in [0.2, 0.25) is 0 Å². The van der Waals surface area contributed by atoms with E-state index < -0.39 is 0 Å². The van der Waals surface area contributed by atoms with Gasteiger partial charge in [-0.1, -0.05) is 0 Å². The van der Waals surface area contributed by atoms with E-state index >= 15 is 0 Å². The zero-order chi connectivity index (χ0) is 5.98. The summed E-state index contributed by atoms with van der Waals surface area (Å²) < 4.78 is 0. The van der Waals surface area contributed by atoms with E-state index in [1.165, 1.54) is 0 Å². The zero-order valence-corrected chi connectivity index (χ0v) is 8.71. The fourth-order valence-electron chi connectivity index (χ4n) is 0.496. The molecule has 0 fully saturated rings. The van der Waals surface area contributed by atoms with Gasteiger partial charge in [-0.05, 0) is 24.3 Å². The fraction of sp³-hybridized carbons (Fsp3) is 0. The van der Waals surface area contributed by atoms with Crippen LogP contribution in [-0.4, -0.2) is 0 Å². The van der Waals surface area contributed by atoms with Crippen LogP contribution < -0.4 is 11.5 Å². The molecule has 74 valence electrons. The van der Waals surface area contributed by atoms with E-state index in [-0.39, 0.29) is 151 Å². The molecule has 0 aliphatic carbocycles. The van der Waals surface area contributed by atoms with E-state index in [2.05, 4.69) is 0 Å². The standard InChI is InChI=1S/C6H8N2.4Ar/c7-5-1-2-6(8)4-3-5;;;;/h1-4H,7-8H2;;;;. The van der Waals surface area contributed by atoms with Crippen molar-refractivity contribution in [2.45, 2.75) is 0 Å². The van der Waals surface area contributed by atoms with E-state index in [0.29, 0.717) is 0 Å². The Balaban J connectivity index is -0.0000000800. The average Bonchev–Trinajstić information content (AvgIpc) is 1.77. The number of anilines is 2. The van der Waals surface area contributed by atoms with Crippen LogP contribution in [0.25, 0.3) is 0 Å². The topological polar surface area (TPSA) is 52.0 Å². The number of benzene rings is 1. The fourth-order valence-corrected chi connectivity index (χ4v) is 0.496. The molecule has 0 atom stereocenters. The predicted octanol–water partition coefficient (Wildman–Crippen LogP) is 0.851. The minimum Gasteiger partial charge on any atom is -0.399 e. The Hall–Kier alpha value is 3.86. The van der Waals surface area contributed by atoms with Crippen molar-refractivity contribution in [3.63, 3.8) is 0 Å². The number of rotatable bonds is 0. The molecule has 0 heterocycles. The van der Waals surface area contributed by atoms with Gasteiger partial charge in [-0.3, -0.25) is 0 Å². The maximum Gasteiger partial charge on any atom is 0.0315 e. The second-order valence-corrected chi connectivity index (χ2v) is 1.67. The van der Waals surface area contributed by atoms with Gasteiger partial charge in [-0.2, -0.15) is 0 Å². The van der Waals surface area contributed by atoms with Crippen LogP contribution in [0.1, 0.15) is 0 Å². The predicted molar refractivity (Wildman–Crippen MR) is 35.3 cm³/mol. The molecule has 0 aliphatic rings. The summed E-state index contributed by atoms with van der Waals surface area (Å²) in [5.41, 5.74) is 12.2. The number of hydrogen-bond acceptors (Lipinski definition) is 2. The van der Waals surface area contributed by atoms with Crippen LogP contribution in [0.4, 0.5) is 11.4 Å². The SMILES string of the molecule is Nc1ccc(N)cc1.[Ar].[Ar].[Ar].[Ar]. The largest absolute Gasteiger partial charge is 0.399 e. The number of nitrogen functional groups attached to an aromatic ring is 2. The van der Waals surface area contributed by atoms with Crippen LogP contribution in [0.5, 0.6) is 0 Å². The quantitative estimate of drug-likeness (QED) is 0.685. The van der Waals surface area contributed by atoms with Gasteiger partial charge in [0.25, 0.3) is 0 Å². The smallest absolute Gasteiger partial charge is 0.0315 e. The Morgan fingerprint density at radius 1 is 0.583 bits per heavy atom. The Bertz CT molecular complexity index is 156. The molecule has 2 nitrogen and oxygen atoms in total. The summed E-state index contributed by atoms with van der Waals surface area (Å²) in [6, 6.07) is 7.09. The molecular formula is C6H8Ar4N2. The molecule has 0 aromatic heterocycles. The molecule has 0 bridgehead atoms. The molecule has 4 N–H and O–H groups in total. The minimum absolute atomic E-state index is 0. The number of nitrogens with two attached hydrogens (primary N) is 2. The maximum absolute atomic E-state index is 5.37. The molecule has 1 aromatic carbocycles. The van der Waals surface area contributed by atoms with Gasteiger partial charge in [0.15, 0.2) is 0 Å². The molecular weight excluding hydrogens is 260 g/mol. The third-order valence-electron chi connectivity index (χ3n) is 0.936. The van der Waals surface area contributed by atoms with Gasteiger partial charge in [0.2, 0.25) is 0 Å². The van der Waals surface area contributed by atoms with Gasteiger partial charge in [0.05, 0.1) is 0 Å². The molecule has 0 spiro atoms. The monoisotopic (exact) mass is 268 g/mol. The molecule has 0 unspecified atom stereocenters. The van der Waals surface area contributed by atoms with Gasteiger partial charge in [-0.25, -0.2) is 0 Å². The number of hydrogen-bond donors (Lipinski definition) is 2. The molecule has 1 rings (SSSR count). The average molecular weight is 268 g/mol. The van der Waals surface area contributed by atoms with E-state index in [0.717, 1.165) is 11.4 Å². The zero-order valence-electron chi connectivity index (χ0n) is 5.88. The van der Waals surface area contributed by atoms with Crippen molar-refractivity contribution >= 4 is 11.4 Å². The first-order chi connectivity index (χ1) is 3.79. The van der Waals surface area contributed by atoms with Crippen molar-refractivity contribution < 1.29 is 151 Å². The van der Waals surface area contributed by atoms with Crippen molar-refractivity contribution in [2.75, 3.05) is 11.5 Å². The van der Waals surface area contributed by atoms with Crippen LogP contribution in [0.15, 0.2) is 24.3 Å². The molecule has 0 saturated carbocycles. The van der Waals surface area contributed by atoms with Crippen LogP contribution in [0.3, 0.4) is 0 Å². The summed E-state index contributed by atoms with van der Waals surface area (Å²) in [5.74, 6) is 0. The summed E-state index contributed by atoms with van der Waals surface area (Å²) in [4.78, 5) is 0. The van der Waals surface area contributed by atoms with Crippen LogP contribution in [-0.2, 0) is 0 Å². The van der Waals surface area contributed by atoms with Gasteiger partial charge in [0, 0.05) is 162 Å². The van der Waals surface area contributed by atoms with E-state index in [9.17, 15) is 0 Å². The minimum atomic E-state index is 0. The van der Waals surface area contributed by atoms with E-state index in [1.54, 1.807) is 24.3 Å². The molecule has 0 amide bonds. The van der Waals surface area contributed by atoms with E-state index in [1.807, 2.05) is 0 Å². The second kappa shape index (κ2) is 14.9. The van der Waals surface area contributed by atoms with Crippen molar-refractivity contribution in [3.8, 4) is 0 Å². The van der Waals surface area contributed by atoms with Gasteiger partial charge >= 0.3 is 0 Å². The molecule has 0 radical (unpaired) electrons. The van der Waals surface area contributed by atoms with Crippen molar-refractivity contribution in [1.82, 2.24) is 0 Å². The van der Waals surface area contributed by atoms with Gasteiger partial charge in [0.1, 0.15) is 0 Å². The van der Waals surface area contributed by atoms with E-state index in [4.69, 9.17) is 11.5 Å². The van der Waals surface area contributed by atoms with Crippen molar-refractivity contribution in [1.29, 1.82) is 0 Å². The molecule has 0 aliphatic heterocycles. The van der Waals surface area contributed by atoms with Crippen molar-refractivity contribution in [3.05, 3.63) is 24.3 Å². The first-order valence-corrected chi connectivity index (χ1v) is 2.40. The first-order valence-electron chi connectivity index (χ1n) is 2.40. The third kappa shape index (κ3) is 11.9. The summed E-state index contributed by atoms with van der Waals surface area (Å²) >= 11 is 0. The molecule has 12 heavy (non-hydrogen) atoms. The summed E-state index contributed by atoms with van der Waals surface area (Å²) in [6.07, 6.45) is 0. The normalized spacial score (nSPS) is 6.00. The first kappa shape index (κ1) is 24.9. The third-order valence-corrected chi connectivity index (χ3v) is 0.936. The Morgan fingerprint density at radius 3 is 0.917 bits per heavy atom. The summed E-state index contributed by atoms with van der Waals surface area (Å²) in [7, 11) is 0. The van der Waals surface area contributed by atoms with Crippen LogP contribution >= 0.6 is 0 Å². The Morgan fingerprint density at radius 2 is 0.750 bits per heavy atom. The molecule has 6 heteroatoms. The van der Waals surface area contributed by atoms with Crippen LogP contribution in [0, 0.1) is 151 Å². The van der Waals surface area contributed by atoms with Gasteiger partial charge < -0.3 is 11.5 Å². The maximum atomic E-state index is 5.37. The van der Waals surface area contributed by atoms with Crippen molar-refractivity contribution in [2.24, 2.45) is 0 Å². The molecule has 0 saturated heterocycles. The summed E-state index contributed by atoms with van der Waals surface area (Å²) in [5, 5.41) is 0. The Kier molecular flexibility index (Phi) is 30.8.